The van der Waals surface area contributed by atoms with Crippen molar-refractivity contribution in [3.63, 3.8) is 0 Å². The number of likely N-dealkylation sites (tertiary alicyclic amines) is 1. The average Bonchev–Trinajstić information content (AvgIpc) is 3.11. The maximum atomic E-state index is 12.0. The van der Waals surface area contributed by atoms with Gasteiger partial charge in [-0.25, -0.2) is 4.68 Å². The summed E-state index contributed by atoms with van der Waals surface area (Å²) in [6.07, 6.45) is 6.53. The molecular formula is C13H21N5O. The van der Waals surface area contributed by atoms with Crippen LogP contribution in [0.3, 0.4) is 0 Å². The van der Waals surface area contributed by atoms with Gasteiger partial charge in [-0.05, 0) is 32.2 Å². The topological polar surface area (TPSA) is 63.1 Å². The molecule has 6 nitrogen and oxygen atoms in total. The van der Waals surface area contributed by atoms with Gasteiger partial charge in [-0.15, -0.1) is 5.10 Å². The van der Waals surface area contributed by atoms with Gasteiger partial charge in [-0.3, -0.25) is 4.79 Å². The summed E-state index contributed by atoms with van der Waals surface area (Å²) in [6, 6.07) is 0. The molecule has 3 heterocycles. The zero-order valence-corrected chi connectivity index (χ0v) is 11.2. The van der Waals surface area contributed by atoms with Crippen molar-refractivity contribution in [2.75, 3.05) is 26.2 Å². The Kier molecular flexibility index (Phi) is 3.77. The number of rotatable bonds is 3. The van der Waals surface area contributed by atoms with Crippen LogP contribution in [0.2, 0.25) is 0 Å². The number of amides is 1. The Morgan fingerprint density at radius 2 is 2.21 bits per heavy atom. The maximum absolute atomic E-state index is 12.0. The number of piperidine rings is 1. The van der Waals surface area contributed by atoms with E-state index in [-0.39, 0.29) is 5.91 Å². The summed E-state index contributed by atoms with van der Waals surface area (Å²) < 4.78 is 1.69. The number of aromatic nitrogens is 3. The van der Waals surface area contributed by atoms with Gasteiger partial charge in [0, 0.05) is 31.7 Å². The molecule has 0 spiro atoms. The Hall–Kier alpha value is -1.43. The van der Waals surface area contributed by atoms with Gasteiger partial charge in [0.2, 0.25) is 5.91 Å². The minimum atomic E-state index is 0.163. The molecule has 1 aromatic heterocycles. The number of carbonyl (C=O) groups excluding carboxylic acids is 1. The van der Waals surface area contributed by atoms with Crippen LogP contribution in [0.15, 0.2) is 6.20 Å². The lowest BCUT2D eigenvalue weighted by Crippen LogP contribution is -2.31. The second kappa shape index (κ2) is 5.69. The van der Waals surface area contributed by atoms with Crippen molar-refractivity contribution in [3.05, 3.63) is 11.9 Å². The van der Waals surface area contributed by atoms with Crippen LogP contribution in [0, 0.1) is 0 Å². The van der Waals surface area contributed by atoms with Crippen molar-refractivity contribution in [1.29, 1.82) is 0 Å². The molecule has 2 aliphatic rings. The molecule has 0 saturated carbocycles. The molecule has 2 fully saturated rings. The number of nitrogens with one attached hydrogen (secondary N) is 1. The lowest BCUT2D eigenvalue weighted by Gasteiger charge is -2.20. The molecule has 0 unspecified atom stereocenters. The van der Waals surface area contributed by atoms with Crippen molar-refractivity contribution in [3.8, 4) is 0 Å². The molecule has 2 aliphatic heterocycles. The highest BCUT2D eigenvalue weighted by molar-refractivity contribution is 5.76. The Morgan fingerprint density at radius 1 is 1.37 bits per heavy atom. The van der Waals surface area contributed by atoms with E-state index in [0.717, 1.165) is 51.1 Å². The van der Waals surface area contributed by atoms with Crippen LogP contribution in [0.25, 0.3) is 0 Å². The third-order valence-corrected chi connectivity index (χ3v) is 4.03. The van der Waals surface area contributed by atoms with Crippen LogP contribution >= 0.6 is 0 Å². The lowest BCUT2D eigenvalue weighted by molar-refractivity contribution is -0.130. The molecule has 6 heteroatoms. The molecule has 0 radical (unpaired) electrons. The zero-order chi connectivity index (χ0) is 13.1. The van der Waals surface area contributed by atoms with Gasteiger partial charge in [0.1, 0.15) is 6.54 Å². The fraction of sp³-hybridized carbons (Fsp3) is 0.769. The molecule has 1 amide bonds. The van der Waals surface area contributed by atoms with Crippen molar-refractivity contribution >= 4 is 5.91 Å². The third kappa shape index (κ3) is 2.94. The molecule has 2 saturated heterocycles. The molecule has 1 N–H and O–H groups in total. The molecule has 0 aliphatic carbocycles. The van der Waals surface area contributed by atoms with Gasteiger partial charge in [-0.1, -0.05) is 5.21 Å². The van der Waals surface area contributed by atoms with Gasteiger partial charge in [0.25, 0.3) is 0 Å². The van der Waals surface area contributed by atoms with E-state index in [1.165, 1.54) is 6.42 Å². The number of hydrogen-bond acceptors (Lipinski definition) is 4. The highest BCUT2D eigenvalue weighted by Gasteiger charge is 2.21. The maximum Gasteiger partial charge on any atom is 0.244 e. The first-order chi connectivity index (χ1) is 9.33. The van der Waals surface area contributed by atoms with Crippen LogP contribution in [0.1, 0.15) is 37.3 Å². The molecule has 104 valence electrons. The Bertz CT molecular complexity index is 432. The van der Waals surface area contributed by atoms with E-state index in [9.17, 15) is 4.79 Å². The van der Waals surface area contributed by atoms with Crippen LogP contribution in [-0.2, 0) is 11.3 Å². The summed E-state index contributed by atoms with van der Waals surface area (Å²) >= 11 is 0. The van der Waals surface area contributed by atoms with E-state index in [0.29, 0.717) is 12.5 Å². The summed E-state index contributed by atoms with van der Waals surface area (Å²) in [5.74, 6) is 0.611. The minimum Gasteiger partial charge on any atom is -0.341 e. The summed E-state index contributed by atoms with van der Waals surface area (Å²) in [5.41, 5.74) is 1.02. The van der Waals surface area contributed by atoms with E-state index in [1.54, 1.807) is 4.68 Å². The first-order valence-corrected chi connectivity index (χ1v) is 7.21. The van der Waals surface area contributed by atoms with E-state index < -0.39 is 0 Å². The summed E-state index contributed by atoms with van der Waals surface area (Å²) in [5, 5.41) is 11.7. The SMILES string of the molecule is O=C(Cn1cc([C@@H]2CCCNC2)nn1)N1CCCC1. The largest absolute Gasteiger partial charge is 0.341 e. The third-order valence-electron chi connectivity index (χ3n) is 4.03. The predicted octanol–water partition coefficient (Wildman–Crippen LogP) is 0.368. The standard InChI is InChI=1S/C13H21N5O/c19-13(17-6-1-2-7-17)10-18-9-12(15-16-18)11-4-3-5-14-8-11/h9,11,14H,1-8,10H2/t11-/m1/s1. The van der Waals surface area contributed by atoms with Crippen molar-refractivity contribution < 1.29 is 4.79 Å². The average molecular weight is 263 g/mol. The summed E-state index contributed by atoms with van der Waals surface area (Å²) in [7, 11) is 0. The first-order valence-electron chi connectivity index (χ1n) is 7.21. The Morgan fingerprint density at radius 3 is 2.95 bits per heavy atom. The van der Waals surface area contributed by atoms with E-state index in [1.807, 2.05) is 11.1 Å². The minimum absolute atomic E-state index is 0.163. The van der Waals surface area contributed by atoms with Gasteiger partial charge in [-0.2, -0.15) is 0 Å². The van der Waals surface area contributed by atoms with Crippen LogP contribution in [-0.4, -0.2) is 52.0 Å². The number of hydrogen-bond donors (Lipinski definition) is 1. The Balaban J connectivity index is 1.59. The quantitative estimate of drug-likeness (QED) is 0.855. The van der Waals surface area contributed by atoms with Crippen molar-refractivity contribution in [1.82, 2.24) is 25.2 Å². The molecule has 0 bridgehead atoms. The second-order valence-corrected chi connectivity index (χ2v) is 5.47. The van der Waals surface area contributed by atoms with E-state index in [4.69, 9.17) is 0 Å². The van der Waals surface area contributed by atoms with Gasteiger partial charge in [0.05, 0.1) is 5.69 Å². The first kappa shape index (κ1) is 12.6. The lowest BCUT2D eigenvalue weighted by atomic mass is 9.97. The van der Waals surface area contributed by atoms with Crippen molar-refractivity contribution in [2.24, 2.45) is 0 Å². The van der Waals surface area contributed by atoms with Crippen LogP contribution < -0.4 is 5.32 Å². The Labute approximate surface area is 113 Å². The molecule has 1 atom stereocenters. The fourth-order valence-corrected chi connectivity index (χ4v) is 2.89. The second-order valence-electron chi connectivity index (χ2n) is 5.47. The van der Waals surface area contributed by atoms with Gasteiger partial charge in [0.15, 0.2) is 0 Å². The molecule has 1 aromatic rings. The summed E-state index contributed by atoms with van der Waals surface area (Å²) in [4.78, 5) is 13.9. The monoisotopic (exact) mass is 263 g/mol. The van der Waals surface area contributed by atoms with Gasteiger partial charge >= 0.3 is 0 Å². The fourth-order valence-electron chi connectivity index (χ4n) is 2.89. The number of nitrogens with zero attached hydrogens (tertiary/aromatic N) is 4. The number of carbonyl (C=O) groups is 1. The van der Waals surface area contributed by atoms with E-state index >= 15 is 0 Å². The van der Waals surface area contributed by atoms with E-state index in [2.05, 4.69) is 15.6 Å². The van der Waals surface area contributed by atoms with Crippen LogP contribution in [0.4, 0.5) is 0 Å². The van der Waals surface area contributed by atoms with Crippen LogP contribution in [0.5, 0.6) is 0 Å². The summed E-state index contributed by atoms with van der Waals surface area (Å²) in [6.45, 7) is 4.18. The van der Waals surface area contributed by atoms with Gasteiger partial charge < -0.3 is 10.2 Å². The molecule has 19 heavy (non-hydrogen) atoms. The van der Waals surface area contributed by atoms with Crippen molar-refractivity contribution in [2.45, 2.75) is 38.1 Å². The molecular weight excluding hydrogens is 242 g/mol. The normalized spacial score (nSPS) is 23.8. The molecule has 3 rings (SSSR count). The predicted molar refractivity (Wildman–Crippen MR) is 70.7 cm³/mol. The highest BCUT2D eigenvalue weighted by Crippen LogP contribution is 2.20. The highest BCUT2D eigenvalue weighted by atomic mass is 16.2. The zero-order valence-electron chi connectivity index (χ0n) is 11.2. The molecule has 0 aromatic carbocycles. The smallest absolute Gasteiger partial charge is 0.244 e.